The quantitative estimate of drug-likeness (QED) is 0.600. The number of methoxy groups -OCH3 is 1. The fourth-order valence-corrected chi connectivity index (χ4v) is 1.99. The highest BCUT2D eigenvalue weighted by Gasteiger charge is 2.15. The van der Waals surface area contributed by atoms with Crippen LogP contribution in [0.5, 0.6) is 5.75 Å². The first-order valence-corrected chi connectivity index (χ1v) is 6.90. The molecule has 0 unspecified atom stereocenters. The number of furan rings is 1. The molecule has 0 aliphatic carbocycles. The van der Waals surface area contributed by atoms with Crippen LogP contribution in [0.4, 0.5) is 11.4 Å². The zero-order valence-electron chi connectivity index (χ0n) is 12.7. The summed E-state index contributed by atoms with van der Waals surface area (Å²) in [4.78, 5) is 22.3. The van der Waals surface area contributed by atoms with Gasteiger partial charge in [-0.3, -0.25) is 20.2 Å². The highest BCUT2D eigenvalue weighted by Crippen LogP contribution is 2.28. The highest BCUT2D eigenvalue weighted by molar-refractivity contribution is 5.94. The second-order valence-corrected chi connectivity index (χ2v) is 4.81. The van der Waals surface area contributed by atoms with Crippen LogP contribution in [0.15, 0.2) is 41.0 Å². The van der Waals surface area contributed by atoms with E-state index in [0.29, 0.717) is 11.5 Å². The lowest BCUT2D eigenvalue weighted by Gasteiger charge is -2.13. The molecule has 0 spiro atoms. The Morgan fingerprint density at radius 3 is 2.83 bits per heavy atom. The van der Waals surface area contributed by atoms with Gasteiger partial charge in [-0.1, -0.05) is 0 Å². The van der Waals surface area contributed by atoms with Crippen LogP contribution < -0.4 is 15.4 Å². The number of non-ortho nitro benzene ring substituents is 1. The maximum absolute atomic E-state index is 12.0. The van der Waals surface area contributed by atoms with Crippen LogP contribution in [0.3, 0.4) is 0 Å². The number of carbonyl (C=O) groups excluding carboxylic acids is 1. The lowest BCUT2D eigenvalue weighted by Crippen LogP contribution is -2.30. The van der Waals surface area contributed by atoms with Gasteiger partial charge in [0.05, 0.1) is 36.6 Å². The summed E-state index contributed by atoms with van der Waals surface area (Å²) in [5.41, 5.74) is 0.122. The van der Waals surface area contributed by atoms with Crippen molar-refractivity contribution in [2.45, 2.75) is 13.0 Å². The predicted octanol–water partition coefficient (Wildman–Crippen LogP) is 2.49. The van der Waals surface area contributed by atoms with Crippen molar-refractivity contribution < 1.29 is 18.9 Å². The van der Waals surface area contributed by atoms with Crippen LogP contribution in [0, 0.1) is 10.1 Å². The normalized spacial score (nSPS) is 11.7. The molecular formula is C15H17N3O5. The number of ether oxygens (including phenoxy) is 1. The summed E-state index contributed by atoms with van der Waals surface area (Å²) in [6.07, 6.45) is 1.56. The summed E-state index contributed by atoms with van der Waals surface area (Å²) in [6.45, 7) is 1.88. The average Bonchev–Trinajstić information content (AvgIpc) is 3.07. The molecule has 0 aliphatic rings. The van der Waals surface area contributed by atoms with E-state index in [0.717, 1.165) is 0 Å². The van der Waals surface area contributed by atoms with Crippen LogP contribution in [0.2, 0.25) is 0 Å². The molecule has 1 amide bonds. The van der Waals surface area contributed by atoms with Crippen molar-refractivity contribution in [2.75, 3.05) is 19.0 Å². The van der Waals surface area contributed by atoms with Gasteiger partial charge in [-0.2, -0.15) is 0 Å². The van der Waals surface area contributed by atoms with Gasteiger partial charge in [-0.25, -0.2) is 0 Å². The van der Waals surface area contributed by atoms with Crippen molar-refractivity contribution in [2.24, 2.45) is 0 Å². The lowest BCUT2D eigenvalue weighted by atomic mass is 10.2. The highest BCUT2D eigenvalue weighted by atomic mass is 16.6. The predicted molar refractivity (Wildman–Crippen MR) is 83.4 cm³/mol. The summed E-state index contributed by atoms with van der Waals surface area (Å²) in [5.74, 6) is 0.718. The molecule has 0 saturated heterocycles. The molecule has 2 N–H and O–H groups in total. The minimum atomic E-state index is -0.535. The van der Waals surface area contributed by atoms with Crippen molar-refractivity contribution in [3.63, 3.8) is 0 Å². The molecule has 0 aliphatic heterocycles. The van der Waals surface area contributed by atoms with E-state index in [1.165, 1.54) is 25.3 Å². The molecule has 1 heterocycles. The molecule has 2 aromatic rings. The van der Waals surface area contributed by atoms with Gasteiger partial charge in [0.25, 0.3) is 5.69 Å². The molecule has 1 aromatic carbocycles. The number of nitrogens with zero attached hydrogens (tertiary/aromatic N) is 1. The van der Waals surface area contributed by atoms with Gasteiger partial charge in [-0.05, 0) is 25.1 Å². The number of nitrogens with one attached hydrogen (secondary N) is 2. The van der Waals surface area contributed by atoms with Crippen LogP contribution in [0.25, 0.3) is 0 Å². The van der Waals surface area contributed by atoms with Crippen LogP contribution in [-0.2, 0) is 4.79 Å². The Bertz CT molecular complexity index is 684. The van der Waals surface area contributed by atoms with Crippen LogP contribution in [0.1, 0.15) is 18.7 Å². The molecule has 8 heteroatoms. The summed E-state index contributed by atoms with van der Waals surface area (Å²) in [7, 11) is 1.42. The van der Waals surface area contributed by atoms with Crippen LogP contribution in [-0.4, -0.2) is 24.5 Å². The number of carbonyl (C=O) groups is 1. The van der Waals surface area contributed by atoms with E-state index in [1.807, 2.05) is 6.92 Å². The standard InChI is InChI=1S/C15H17N3O5/c1-10(13-4-3-7-23-13)16-9-15(19)17-12-8-11(18(20)21)5-6-14(12)22-2/h3-8,10,16H,9H2,1-2H3,(H,17,19)/t10-/m1/s1. The summed E-state index contributed by atoms with van der Waals surface area (Å²) >= 11 is 0. The first kappa shape index (κ1) is 16.5. The van der Waals surface area contributed by atoms with Crippen molar-refractivity contribution in [3.05, 3.63) is 52.5 Å². The number of nitro benzene ring substituents is 1. The molecule has 23 heavy (non-hydrogen) atoms. The van der Waals surface area contributed by atoms with Crippen LogP contribution >= 0.6 is 0 Å². The van der Waals surface area contributed by atoms with E-state index in [9.17, 15) is 14.9 Å². The number of anilines is 1. The topological polar surface area (TPSA) is 107 Å². The zero-order valence-corrected chi connectivity index (χ0v) is 12.7. The largest absolute Gasteiger partial charge is 0.495 e. The van der Waals surface area contributed by atoms with E-state index in [1.54, 1.807) is 18.4 Å². The molecule has 0 radical (unpaired) electrons. The van der Waals surface area contributed by atoms with E-state index >= 15 is 0 Å². The summed E-state index contributed by atoms with van der Waals surface area (Å²) in [6, 6.07) is 7.44. The van der Waals surface area contributed by atoms with Crippen molar-refractivity contribution in [1.82, 2.24) is 5.32 Å². The van der Waals surface area contributed by atoms with Gasteiger partial charge in [0, 0.05) is 12.1 Å². The maximum atomic E-state index is 12.0. The molecule has 122 valence electrons. The lowest BCUT2D eigenvalue weighted by molar-refractivity contribution is -0.384. The van der Waals surface area contributed by atoms with Gasteiger partial charge >= 0.3 is 0 Å². The van der Waals surface area contributed by atoms with E-state index in [2.05, 4.69) is 10.6 Å². The van der Waals surface area contributed by atoms with Gasteiger partial charge in [0.15, 0.2) is 0 Å². The maximum Gasteiger partial charge on any atom is 0.271 e. The van der Waals surface area contributed by atoms with E-state index in [4.69, 9.17) is 9.15 Å². The number of hydrogen-bond donors (Lipinski definition) is 2. The van der Waals surface area contributed by atoms with E-state index < -0.39 is 4.92 Å². The monoisotopic (exact) mass is 319 g/mol. The number of rotatable bonds is 7. The molecule has 2 rings (SSSR count). The van der Waals surface area contributed by atoms with Gasteiger partial charge < -0.3 is 14.5 Å². The minimum absolute atomic E-state index is 0.0215. The Balaban J connectivity index is 1.99. The number of nitro groups is 1. The smallest absolute Gasteiger partial charge is 0.271 e. The minimum Gasteiger partial charge on any atom is -0.495 e. The third kappa shape index (κ3) is 4.30. The Morgan fingerprint density at radius 1 is 1.43 bits per heavy atom. The average molecular weight is 319 g/mol. The summed E-state index contributed by atoms with van der Waals surface area (Å²) in [5, 5.41) is 16.4. The van der Waals surface area contributed by atoms with Crippen molar-refractivity contribution >= 4 is 17.3 Å². The van der Waals surface area contributed by atoms with Gasteiger partial charge in [0.2, 0.25) is 5.91 Å². The Morgan fingerprint density at radius 2 is 2.22 bits per heavy atom. The number of benzene rings is 1. The second kappa shape index (κ2) is 7.41. The number of hydrogen-bond acceptors (Lipinski definition) is 6. The molecular weight excluding hydrogens is 302 g/mol. The van der Waals surface area contributed by atoms with Gasteiger partial charge in [0.1, 0.15) is 11.5 Å². The fraction of sp³-hybridized carbons (Fsp3) is 0.267. The van der Waals surface area contributed by atoms with E-state index in [-0.39, 0.29) is 29.9 Å². The molecule has 8 nitrogen and oxygen atoms in total. The summed E-state index contributed by atoms with van der Waals surface area (Å²) < 4.78 is 10.3. The third-order valence-electron chi connectivity index (χ3n) is 3.21. The second-order valence-electron chi connectivity index (χ2n) is 4.81. The van der Waals surface area contributed by atoms with Crippen molar-refractivity contribution in [3.8, 4) is 5.75 Å². The number of amides is 1. The Hall–Kier alpha value is -2.87. The molecule has 1 atom stereocenters. The first-order chi connectivity index (χ1) is 11.0. The van der Waals surface area contributed by atoms with Gasteiger partial charge in [-0.15, -0.1) is 0 Å². The zero-order chi connectivity index (χ0) is 16.8. The molecule has 0 bridgehead atoms. The molecule has 0 saturated carbocycles. The Kier molecular flexibility index (Phi) is 5.32. The molecule has 1 aromatic heterocycles. The fourth-order valence-electron chi connectivity index (χ4n) is 1.99. The Labute approximate surface area is 132 Å². The first-order valence-electron chi connectivity index (χ1n) is 6.90. The third-order valence-corrected chi connectivity index (χ3v) is 3.21. The SMILES string of the molecule is COc1ccc([N+](=O)[O-])cc1NC(=O)CN[C@H](C)c1ccco1. The molecule has 0 fully saturated rings. The van der Waals surface area contributed by atoms with Crippen molar-refractivity contribution in [1.29, 1.82) is 0 Å².